The summed E-state index contributed by atoms with van der Waals surface area (Å²) in [4.78, 5) is 8.83. The molecule has 0 unspecified atom stereocenters. The van der Waals surface area contributed by atoms with Crippen molar-refractivity contribution in [1.29, 1.82) is 0 Å². The van der Waals surface area contributed by atoms with Crippen LogP contribution in [0.4, 0.5) is 5.82 Å². The van der Waals surface area contributed by atoms with Gasteiger partial charge in [-0.1, -0.05) is 24.3 Å². The Morgan fingerprint density at radius 1 is 1.00 bits per heavy atom. The molecule has 2 aromatic carbocycles. The number of oxazole rings is 1. The molecule has 0 fully saturated rings. The number of anilines is 1. The lowest BCUT2D eigenvalue weighted by Crippen LogP contribution is -2.03. The number of methoxy groups -OCH3 is 1. The highest BCUT2D eigenvalue weighted by molar-refractivity contribution is 5.80. The molecule has 0 aliphatic rings. The van der Waals surface area contributed by atoms with Crippen LogP contribution in [0.15, 0.2) is 65.2 Å². The second-order valence-electron chi connectivity index (χ2n) is 6.01. The van der Waals surface area contributed by atoms with Crippen LogP contribution in [0.25, 0.3) is 33.7 Å². The summed E-state index contributed by atoms with van der Waals surface area (Å²) in [6.07, 6.45) is 1.74. The van der Waals surface area contributed by atoms with E-state index in [0.29, 0.717) is 30.5 Å². The van der Waals surface area contributed by atoms with E-state index < -0.39 is 0 Å². The number of fused-ring (bicyclic) bond motifs is 1. The minimum atomic E-state index is 0.379. The highest BCUT2D eigenvalue weighted by atomic mass is 16.5. The molecule has 2 heterocycles. The van der Waals surface area contributed by atoms with Crippen molar-refractivity contribution in [2.75, 3.05) is 26.1 Å². The van der Waals surface area contributed by atoms with E-state index in [0.717, 1.165) is 28.0 Å². The molecular weight excluding hydrogens is 342 g/mol. The molecule has 0 amide bonds. The molecule has 2 aromatic heterocycles. The van der Waals surface area contributed by atoms with Gasteiger partial charge < -0.3 is 19.6 Å². The number of nitrogen functional groups attached to an aromatic ring is 1. The second kappa shape index (κ2) is 7.47. The normalized spacial score (nSPS) is 11.0. The first-order valence-corrected chi connectivity index (χ1v) is 8.58. The van der Waals surface area contributed by atoms with Crippen molar-refractivity contribution in [3.05, 3.63) is 60.8 Å². The molecule has 0 aliphatic heterocycles. The molecule has 4 rings (SSSR count). The first kappa shape index (κ1) is 17.1. The maximum atomic E-state index is 6.07. The molecule has 6 heteroatoms. The van der Waals surface area contributed by atoms with Gasteiger partial charge in [-0.3, -0.25) is 0 Å². The molecule has 2 N–H and O–H groups in total. The van der Waals surface area contributed by atoms with E-state index >= 15 is 0 Å². The zero-order valence-electron chi connectivity index (χ0n) is 14.9. The van der Waals surface area contributed by atoms with Crippen LogP contribution in [0.3, 0.4) is 0 Å². The smallest absolute Gasteiger partial charge is 0.231 e. The second-order valence-corrected chi connectivity index (χ2v) is 6.01. The number of pyridine rings is 1. The molecule has 4 aromatic rings. The summed E-state index contributed by atoms with van der Waals surface area (Å²) in [5, 5.41) is 0. The minimum absolute atomic E-state index is 0.379. The Bertz CT molecular complexity index is 1020. The molecule has 0 radical (unpaired) electrons. The van der Waals surface area contributed by atoms with Gasteiger partial charge >= 0.3 is 0 Å². The van der Waals surface area contributed by atoms with Gasteiger partial charge in [0.1, 0.15) is 23.7 Å². The zero-order chi connectivity index (χ0) is 18.6. The molecule has 27 heavy (non-hydrogen) atoms. The molecule has 0 aliphatic carbocycles. The third-order valence-electron chi connectivity index (χ3n) is 4.19. The highest BCUT2D eigenvalue weighted by Gasteiger charge is 2.13. The maximum Gasteiger partial charge on any atom is 0.231 e. The van der Waals surface area contributed by atoms with Crippen LogP contribution in [0.1, 0.15) is 0 Å². The number of hydrogen-bond donors (Lipinski definition) is 1. The van der Waals surface area contributed by atoms with E-state index in [-0.39, 0.29) is 0 Å². The quantitative estimate of drug-likeness (QED) is 0.519. The summed E-state index contributed by atoms with van der Waals surface area (Å²) in [6, 6.07) is 17.3. The Hall–Kier alpha value is -3.38. The number of para-hydroxylation sites is 2. The minimum Gasteiger partial charge on any atom is -0.491 e. The van der Waals surface area contributed by atoms with Crippen molar-refractivity contribution in [3.8, 4) is 28.3 Å². The van der Waals surface area contributed by atoms with Crippen LogP contribution in [0.5, 0.6) is 5.75 Å². The summed E-state index contributed by atoms with van der Waals surface area (Å²) in [5.41, 5.74) is 10.2. The van der Waals surface area contributed by atoms with Crippen molar-refractivity contribution in [2.45, 2.75) is 0 Å². The fourth-order valence-electron chi connectivity index (χ4n) is 2.78. The summed E-state index contributed by atoms with van der Waals surface area (Å²) < 4.78 is 16.4. The van der Waals surface area contributed by atoms with E-state index in [9.17, 15) is 0 Å². The van der Waals surface area contributed by atoms with Crippen LogP contribution < -0.4 is 10.5 Å². The first-order chi connectivity index (χ1) is 13.2. The van der Waals surface area contributed by atoms with Gasteiger partial charge in [0.2, 0.25) is 5.89 Å². The van der Waals surface area contributed by atoms with E-state index in [2.05, 4.69) is 9.97 Å². The van der Waals surface area contributed by atoms with Crippen LogP contribution in [-0.2, 0) is 4.74 Å². The van der Waals surface area contributed by atoms with E-state index in [4.69, 9.17) is 19.6 Å². The molecule has 0 saturated heterocycles. The maximum absolute atomic E-state index is 6.07. The molecule has 0 bridgehead atoms. The summed E-state index contributed by atoms with van der Waals surface area (Å²) in [6.45, 7) is 1.07. The predicted molar refractivity (Wildman–Crippen MR) is 104 cm³/mol. The van der Waals surface area contributed by atoms with Gasteiger partial charge in [-0.25, -0.2) is 9.97 Å². The Morgan fingerprint density at radius 2 is 1.81 bits per heavy atom. The van der Waals surface area contributed by atoms with E-state index in [1.54, 1.807) is 13.3 Å². The Labute approximate surface area is 156 Å². The number of ether oxygens (including phenoxy) is 2. The topological polar surface area (TPSA) is 83.4 Å². The van der Waals surface area contributed by atoms with Gasteiger partial charge in [0.15, 0.2) is 5.58 Å². The lowest BCUT2D eigenvalue weighted by molar-refractivity contribution is 0.146. The zero-order valence-corrected chi connectivity index (χ0v) is 14.9. The van der Waals surface area contributed by atoms with E-state index in [1.807, 2.05) is 54.6 Å². The van der Waals surface area contributed by atoms with Crippen molar-refractivity contribution in [3.63, 3.8) is 0 Å². The first-order valence-electron chi connectivity index (χ1n) is 8.58. The third-order valence-corrected chi connectivity index (χ3v) is 4.19. The van der Waals surface area contributed by atoms with Crippen molar-refractivity contribution < 1.29 is 13.9 Å². The summed E-state index contributed by atoms with van der Waals surface area (Å²) >= 11 is 0. The number of aromatic nitrogens is 2. The Morgan fingerprint density at radius 3 is 2.59 bits per heavy atom. The largest absolute Gasteiger partial charge is 0.491 e. The monoisotopic (exact) mass is 361 g/mol. The predicted octanol–water partition coefficient (Wildman–Crippen LogP) is 4.16. The van der Waals surface area contributed by atoms with Gasteiger partial charge in [0.25, 0.3) is 0 Å². The van der Waals surface area contributed by atoms with Crippen molar-refractivity contribution in [1.82, 2.24) is 9.97 Å². The van der Waals surface area contributed by atoms with Gasteiger partial charge in [0, 0.05) is 18.9 Å². The highest BCUT2D eigenvalue weighted by Crippen LogP contribution is 2.31. The Balaban J connectivity index is 1.64. The van der Waals surface area contributed by atoms with Crippen LogP contribution in [0, 0.1) is 0 Å². The van der Waals surface area contributed by atoms with Crippen molar-refractivity contribution >= 4 is 16.9 Å². The lowest BCUT2D eigenvalue weighted by atomic mass is 10.1. The SMILES string of the molecule is COCCOc1ccc(-c2cnc(N)c(-c3nc4ccccc4o3)c2)cc1. The number of nitrogens with two attached hydrogens (primary N) is 1. The van der Waals surface area contributed by atoms with Gasteiger partial charge in [-0.15, -0.1) is 0 Å². The molecule has 6 nitrogen and oxygen atoms in total. The Kier molecular flexibility index (Phi) is 4.72. The number of hydrogen-bond acceptors (Lipinski definition) is 6. The van der Waals surface area contributed by atoms with E-state index in [1.165, 1.54) is 0 Å². The fourth-order valence-corrected chi connectivity index (χ4v) is 2.78. The van der Waals surface area contributed by atoms with Crippen LogP contribution in [0.2, 0.25) is 0 Å². The van der Waals surface area contributed by atoms with Gasteiger partial charge in [-0.05, 0) is 35.9 Å². The average molecular weight is 361 g/mol. The number of benzene rings is 2. The lowest BCUT2D eigenvalue weighted by Gasteiger charge is -2.08. The molecule has 0 atom stereocenters. The number of rotatable bonds is 6. The van der Waals surface area contributed by atoms with Crippen LogP contribution >= 0.6 is 0 Å². The summed E-state index contributed by atoms with van der Waals surface area (Å²) in [7, 11) is 1.65. The van der Waals surface area contributed by atoms with Crippen LogP contribution in [-0.4, -0.2) is 30.3 Å². The van der Waals surface area contributed by atoms with Crippen molar-refractivity contribution in [2.24, 2.45) is 0 Å². The molecule has 136 valence electrons. The third kappa shape index (κ3) is 3.61. The molecule has 0 spiro atoms. The number of nitrogens with zero attached hydrogens (tertiary/aromatic N) is 2. The van der Waals surface area contributed by atoms with Gasteiger partial charge in [0.05, 0.1) is 12.2 Å². The molecular formula is C21H19N3O3. The fraction of sp³-hybridized carbons (Fsp3) is 0.143. The summed E-state index contributed by atoms with van der Waals surface area (Å²) in [5.74, 6) is 1.63. The average Bonchev–Trinajstić information content (AvgIpc) is 3.13. The molecule has 0 saturated carbocycles. The van der Waals surface area contributed by atoms with Gasteiger partial charge in [-0.2, -0.15) is 0 Å². The standard InChI is InChI=1S/C21H19N3O3/c1-25-10-11-26-16-8-6-14(7-9-16)15-12-17(20(22)23-13-15)21-24-18-4-2-3-5-19(18)27-21/h2-9,12-13H,10-11H2,1H3,(H2,22,23).